The maximum Gasteiger partial charge on any atom is 0.257 e. The van der Waals surface area contributed by atoms with Crippen LogP contribution in [0.3, 0.4) is 0 Å². The summed E-state index contributed by atoms with van der Waals surface area (Å²) < 4.78 is 18.4. The number of rotatable bonds is 7. The molecule has 0 aliphatic heterocycles. The molecular formula is C23H19FN2O2. The van der Waals surface area contributed by atoms with E-state index >= 15 is 0 Å². The summed E-state index contributed by atoms with van der Waals surface area (Å²) >= 11 is 0. The zero-order chi connectivity index (χ0) is 19.8. The van der Waals surface area contributed by atoms with Crippen molar-refractivity contribution >= 4 is 5.91 Å². The standard InChI is InChI=1S/C23H19FN2O2/c24-21-9-3-17(4-10-21)13-14-26-23(27)16-28-22-11-7-20(8-12-22)19-5-1-18(15-25)2-6-19/h1-12H,13-14,16H2,(H,26,27). The lowest BCUT2D eigenvalue weighted by Crippen LogP contribution is -2.30. The quantitative estimate of drug-likeness (QED) is 0.677. The van der Waals surface area contributed by atoms with Crippen LogP contribution >= 0.6 is 0 Å². The van der Waals surface area contributed by atoms with E-state index in [1.165, 1.54) is 12.1 Å². The van der Waals surface area contributed by atoms with Crippen LogP contribution in [0, 0.1) is 17.1 Å². The maximum atomic E-state index is 12.9. The molecule has 0 atom stereocenters. The molecule has 1 N–H and O–H groups in total. The van der Waals surface area contributed by atoms with Crippen molar-refractivity contribution in [2.75, 3.05) is 13.2 Å². The van der Waals surface area contributed by atoms with Crippen molar-refractivity contribution < 1.29 is 13.9 Å². The van der Waals surface area contributed by atoms with Crippen LogP contribution in [0.25, 0.3) is 11.1 Å². The molecule has 0 heterocycles. The third kappa shape index (κ3) is 5.42. The van der Waals surface area contributed by atoms with Crippen LogP contribution in [0.5, 0.6) is 5.75 Å². The number of carbonyl (C=O) groups excluding carboxylic acids is 1. The maximum absolute atomic E-state index is 12.9. The first-order chi connectivity index (χ1) is 13.6. The second-order valence-corrected chi connectivity index (χ2v) is 6.23. The predicted octanol–water partition coefficient (Wildman–Crippen LogP) is 4.10. The first-order valence-corrected chi connectivity index (χ1v) is 8.88. The smallest absolute Gasteiger partial charge is 0.257 e. The Balaban J connectivity index is 1.44. The number of benzene rings is 3. The van der Waals surface area contributed by atoms with E-state index in [1.54, 1.807) is 36.4 Å². The molecule has 5 heteroatoms. The molecular weight excluding hydrogens is 355 g/mol. The molecule has 0 bridgehead atoms. The normalized spacial score (nSPS) is 10.1. The molecule has 1 amide bonds. The van der Waals surface area contributed by atoms with Gasteiger partial charge in [0.1, 0.15) is 11.6 Å². The van der Waals surface area contributed by atoms with E-state index in [4.69, 9.17) is 10.00 Å². The van der Waals surface area contributed by atoms with Crippen LogP contribution in [-0.2, 0) is 11.2 Å². The highest BCUT2D eigenvalue weighted by Gasteiger charge is 2.04. The van der Waals surface area contributed by atoms with E-state index in [0.29, 0.717) is 24.3 Å². The summed E-state index contributed by atoms with van der Waals surface area (Å²) in [5.74, 6) is 0.121. The van der Waals surface area contributed by atoms with Gasteiger partial charge in [-0.25, -0.2) is 4.39 Å². The zero-order valence-electron chi connectivity index (χ0n) is 15.2. The SMILES string of the molecule is N#Cc1ccc(-c2ccc(OCC(=O)NCCc3ccc(F)cc3)cc2)cc1. The van der Waals surface area contributed by atoms with Gasteiger partial charge in [-0.1, -0.05) is 36.4 Å². The molecule has 0 aliphatic rings. The predicted molar refractivity (Wildman–Crippen MR) is 105 cm³/mol. The highest BCUT2D eigenvalue weighted by Crippen LogP contribution is 2.22. The van der Waals surface area contributed by atoms with Crippen LogP contribution in [0.4, 0.5) is 4.39 Å². The Morgan fingerprint density at radius 3 is 2.14 bits per heavy atom. The van der Waals surface area contributed by atoms with Gasteiger partial charge in [0.2, 0.25) is 0 Å². The van der Waals surface area contributed by atoms with Crippen LogP contribution in [-0.4, -0.2) is 19.1 Å². The molecule has 0 aromatic heterocycles. The summed E-state index contributed by atoms with van der Waals surface area (Å²) in [7, 11) is 0. The Hall–Kier alpha value is -3.65. The topological polar surface area (TPSA) is 62.1 Å². The first kappa shape index (κ1) is 19.1. The van der Waals surface area contributed by atoms with E-state index in [2.05, 4.69) is 11.4 Å². The number of hydrogen-bond acceptors (Lipinski definition) is 3. The monoisotopic (exact) mass is 374 g/mol. The molecule has 3 aromatic rings. The fraction of sp³-hybridized carbons (Fsp3) is 0.130. The van der Waals surface area contributed by atoms with Crippen molar-refractivity contribution in [3.63, 3.8) is 0 Å². The molecule has 0 saturated carbocycles. The molecule has 0 saturated heterocycles. The van der Waals surface area contributed by atoms with Crippen molar-refractivity contribution in [1.82, 2.24) is 5.32 Å². The van der Waals surface area contributed by atoms with Crippen LogP contribution in [0.15, 0.2) is 72.8 Å². The minimum atomic E-state index is -0.272. The minimum Gasteiger partial charge on any atom is -0.484 e. The van der Waals surface area contributed by atoms with Crippen LogP contribution < -0.4 is 10.1 Å². The van der Waals surface area contributed by atoms with Gasteiger partial charge >= 0.3 is 0 Å². The second kappa shape index (κ2) is 9.33. The Labute approximate surface area is 163 Å². The van der Waals surface area contributed by atoms with E-state index in [-0.39, 0.29) is 18.3 Å². The van der Waals surface area contributed by atoms with Gasteiger partial charge in [0.15, 0.2) is 6.61 Å². The van der Waals surface area contributed by atoms with Crippen molar-refractivity contribution in [3.05, 3.63) is 89.7 Å². The van der Waals surface area contributed by atoms with Gasteiger partial charge < -0.3 is 10.1 Å². The highest BCUT2D eigenvalue weighted by molar-refractivity contribution is 5.77. The number of ether oxygens (including phenoxy) is 1. The lowest BCUT2D eigenvalue weighted by Gasteiger charge is -2.09. The summed E-state index contributed by atoms with van der Waals surface area (Å²) in [4.78, 5) is 11.9. The Morgan fingerprint density at radius 1 is 0.929 bits per heavy atom. The van der Waals surface area contributed by atoms with E-state index in [9.17, 15) is 9.18 Å². The minimum absolute atomic E-state index is 0.0698. The Bertz CT molecular complexity index is 959. The fourth-order valence-electron chi connectivity index (χ4n) is 2.68. The van der Waals surface area contributed by atoms with Crippen molar-refractivity contribution in [2.24, 2.45) is 0 Å². The average Bonchev–Trinajstić information content (AvgIpc) is 2.74. The van der Waals surface area contributed by atoms with Gasteiger partial charge in [0.25, 0.3) is 5.91 Å². The number of nitriles is 1. The fourth-order valence-corrected chi connectivity index (χ4v) is 2.68. The van der Waals surface area contributed by atoms with Gasteiger partial charge in [-0.2, -0.15) is 5.26 Å². The molecule has 0 spiro atoms. The van der Waals surface area contributed by atoms with Crippen molar-refractivity contribution in [1.29, 1.82) is 5.26 Å². The molecule has 28 heavy (non-hydrogen) atoms. The number of carbonyl (C=O) groups is 1. The van der Waals surface area contributed by atoms with Crippen LogP contribution in [0.2, 0.25) is 0 Å². The van der Waals surface area contributed by atoms with Gasteiger partial charge in [-0.3, -0.25) is 4.79 Å². The lowest BCUT2D eigenvalue weighted by atomic mass is 10.0. The molecule has 0 radical (unpaired) electrons. The van der Waals surface area contributed by atoms with Crippen molar-refractivity contribution in [3.8, 4) is 22.9 Å². The molecule has 4 nitrogen and oxygen atoms in total. The Kier molecular flexibility index (Phi) is 6.37. The second-order valence-electron chi connectivity index (χ2n) is 6.23. The summed E-state index contributed by atoms with van der Waals surface area (Å²) in [5.41, 5.74) is 3.58. The largest absolute Gasteiger partial charge is 0.484 e. The third-order valence-corrected chi connectivity index (χ3v) is 4.22. The highest BCUT2D eigenvalue weighted by atomic mass is 19.1. The summed E-state index contributed by atoms with van der Waals surface area (Å²) in [6.45, 7) is 0.394. The van der Waals surface area contributed by atoms with Gasteiger partial charge in [-0.05, 0) is 59.5 Å². The van der Waals surface area contributed by atoms with Crippen LogP contribution in [0.1, 0.15) is 11.1 Å². The number of amides is 1. The number of nitrogens with one attached hydrogen (secondary N) is 1. The summed E-state index contributed by atoms with van der Waals surface area (Å²) in [6.07, 6.45) is 0.630. The number of halogens is 1. The van der Waals surface area contributed by atoms with Gasteiger partial charge in [-0.15, -0.1) is 0 Å². The first-order valence-electron chi connectivity index (χ1n) is 8.88. The lowest BCUT2D eigenvalue weighted by molar-refractivity contribution is -0.123. The summed E-state index contributed by atoms with van der Waals surface area (Å²) in [6, 6.07) is 23.1. The molecule has 0 aliphatic carbocycles. The van der Waals surface area contributed by atoms with E-state index in [1.807, 2.05) is 24.3 Å². The molecule has 0 fully saturated rings. The average molecular weight is 374 g/mol. The summed E-state index contributed by atoms with van der Waals surface area (Å²) in [5, 5.41) is 11.6. The zero-order valence-corrected chi connectivity index (χ0v) is 15.2. The van der Waals surface area contributed by atoms with Crippen molar-refractivity contribution in [2.45, 2.75) is 6.42 Å². The molecule has 3 aromatic carbocycles. The van der Waals surface area contributed by atoms with E-state index in [0.717, 1.165) is 16.7 Å². The van der Waals surface area contributed by atoms with E-state index < -0.39 is 0 Å². The molecule has 3 rings (SSSR count). The molecule has 0 unspecified atom stereocenters. The number of nitrogens with zero attached hydrogens (tertiary/aromatic N) is 1. The van der Waals surface area contributed by atoms with Gasteiger partial charge in [0, 0.05) is 6.54 Å². The third-order valence-electron chi connectivity index (χ3n) is 4.22. The molecule has 140 valence electrons. The van der Waals surface area contributed by atoms with Gasteiger partial charge in [0.05, 0.1) is 11.6 Å². The Morgan fingerprint density at radius 2 is 1.54 bits per heavy atom. The number of hydrogen-bond donors (Lipinski definition) is 1.